The molecule has 6 rings (SSSR count). The van der Waals surface area contributed by atoms with Crippen LogP contribution in [-0.4, -0.2) is 33.6 Å². The van der Waals surface area contributed by atoms with Crippen molar-refractivity contribution in [2.75, 3.05) is 10.6 Å². The molecule has 5 aromatic rings. The second-order valence-corrected chi connectivity index (χ2v) is 11.2. The highest BCUT2D eigenvalue weighted by Crippen LogP contribution is 2.40. The largest absolute Gasteiger partial charge is 0.378 e. The molecule has 2 aromatic heterocycles. The number of benzene rings is 3. The standard InChI is InChI=1S/C30H23BCl2FN7O/c1-16(42)27-23(32)3-2-4-25(27)37-28-17(13-35)14-36-29-22(28)11-20(12-24(29)33)38-30(31,18-5-7-19(34)8-6-18)26-15-41(40-39-26)21-9-10-21/h2-8,11-12,14-15,21,38H,9-10,31H2,1H3,(H,36,37). The molecule has 0 amide bonds. The molecule has 0 spiro atoms. The summed E-state index contributed by atoms with van der Waals surface area (Å²) in [4.78, 5) is 16.9. The smallest absolute Gasteiger partial charge is 0.163 e. The molecule has 12 heteroatoms. The molecule has 0 aliphatic heterocycles. The van der Waals surface area contributed by atoms with E-state index in [9.17, 15) is 14.4 Å². The highest BCUT2D eigenvalue weighted by atomic mass is 35.5. The molecule has 3 aromatic carbocycles. The van der Waals surface area contributed by atoms with E-state index in [1.165, 1.54) is 25.3 Å². The summed E-state index contributed by atoms with van der Waals surface area (Å²) in [5.74, 6) is -0.581. The number of carbonyl (C=O) groups is 1. The zero-order chi connectivity index (χ0) is 29.6. The predicted molar refractivity (Wildman–Crippen MR) is 164 cm³/mol. The van der Waals surface area contributed by atoms with Gasteiger partial charge in [0, 0.05) is 17.3 Å². The molecule has 1 aliphatic rings. The average Bonchev–Trinajstić information content (AvgIpc) is 3.69. The number of aromatic nitrogens is 4. The molecule has 1 aliphatic carbocycles. The number of rotatable bonds is 8. The van der Waals surface area contributed by atoms with E-state index in [2.05, 4.69) is 32.0 Å². The van der Waals surface area contributed by atoms with Gasteiger partial charge >= 0.3 is 0 Å². The van der Waals surface area contributed by atoms with Gasteiger partial charge in [0.2, 0.25) is 0 Å². The molecule has 208 valence electrons. The number of hydrogen-bond donors (Lipinski definition) is 2. The van der Waals surface area contributed by atoms with Crippen molar-refractivity contribution in [3.05, 3.63) is 105 Å². The van der Waals surface area contributed by atoms with Crippen molar-refractivity contribution in [2.24, 2.45) is 0 Å². The summed E-state index contributed by atoms with van der Waals surface area (Å²) < 4.78 is 15.8. The van der Waals surface area contributed by atoms with Crippen molar-refractivity contribution >= 4 is 64.8 Å². The Kier molecular flexibility index (Phi) is 7.09. The minimum Gasteiger partial charge on any atom is -0.378 e. The first kappa shape index (κ1) is 27.7. The Morgan fingerprint density at radius 2 is 1.93 bits per heavy atom. The van der Waals surface area contributed by atoms with Crippen LogP contribution in [0.1, 0.15) is 53.0 Å². The minimum atomic E-state index is -0.930. The van der Waals surface area contributed by atoms with E-state index >= 15 is 0 Å². The third kappa shape index (κ3) is 5.06. The molecule has 0 saturated heterocycles. The van der Waals surface area contributed by atoms with Gasteiger partial charge in [0.1, 0.15) is 25.4 Å². The summed E-state index contributed by atoms with van der Waals surface area (Å²) in [6, 6.07) is 17.3. The van der Waals surface area contributed by atoms with Crippen LogP contribution in [-0.2, 0) is 5.44 Å². The molecular formula is C30H23BCl2FN7O. The van der Waals surface area contributed by atoms with Gasteiger partial charge in [-0.05, 0) is 61.7 Å². The number of ketones is 1. The fourth-order valence-electron chi connectivity index (χ4n) is 5.05. The second-order valence-electron chi connectivity index (χ2n) is 10.4. The quantitative estimate of drug-likeness (QED) is 0.158. The highest BCUT2D eigenvalue weighted by molar-refractivity contribution is 6.36. The maximum absolute atomic E-state index is 13.9. The first-order valence-electron chi connectivity index (χ1n) is 13.2. The number of nitrogens with one attached hydrogen (secondary N) is 2. The lowest BCUT2D eigenvalue weighted by Crippen LogP contribution is -2.37. The second kappa shape index (κ2) is 10.7. The SMILES string of the molecule is BC(Nc1cc(Cl)c2ncc(C#N)c(Nc3cccc(Cl)c3C(C)=O)c2c1)(c1ccc(F)cc1)c1cn(C2CC2)nn1. The molecule has 2 N–H and O–H groups in total. The first-order valence-corrected chi connectivity index (χ1v) is 14.0. The Morgan fingerprint density at radius 1 is 1.17 bits per heavy atom. The van der Waals surface area contributed by atoms with E-state index < -0.39 is 5.44 Å². The van der Waals surface area contributed by atoms with Crippen LogP contribution in [0.3, 0.4) is 0 Å². The molecule has 0 radical (unpaired) electrons. The summed E-state index contributed by atoms with van der Waals surface area (Å²) in [5.41, 5.74) is 2.94. The van der Waals surface area contributed by atoms with E-state index in [-0.39, 0.29) is 17.2 Å². The highest BCUT2D eigenvalue weighted by Gasteiger charge is 2.34. The van der Waals surface area contributed by atoms with Crippen molar-refractivity contribution in [2.45, 2.75) is 31.2 Å². The van der Waals surface area contributed by atoms with Crippen molar-refractivity contribution in [3.8, 4) is 6.07 Å². The third-order valence-electron chi connectivity index (χ3n) is 7.43. The van der Waals surface area contributed by atoms with Gasteiger partial charge < -0.3 is 10.6 Å². The van der Waals surface area contributed by atoms with Gasteiger partial charge in [0.25, 0.3) is 0 Å². The van der Waals surface area contributed by atoms with Crippen molar-refractivity contribution in [1.82, 2.24) is 20.0 Å². The Hall–Kier alpha value is -4.46. The molecule has 1 unspecified atom stereocenters. The lowest BCUT2D eigenvalue weighted by molar-refractivity contribution is 0.101. The number of nitrogens with zero attached hydrogens (tertiary/aromatic N) is 5. The zero-order valence-electron chi connectivity index (χ0n) is 22.6. The molecule has 42 heavy (non-hydrogen) atoms. The molecule has 1 saturated carbocycles. The van der Waals surface area contributed by atoms with Crippen molar-refractivity contribution in [3.63, 3.8) is 0 Å². The van der Waals surface area contributed by atoms with Crippen LogP contribution in [0, 0.1) is 17.1 Å². The minimum absolute atomic E-state index is 0.227. The number of anilines is 3. The Labute approximate surface area is 251 Å². The van der Waals surface area contributed by atoms with Crippen LogP contribution in [0.15, 0.2) is 67.0 Å². The average molecular weight is 598 g/mol. The molecule has 1 fully saturated rings. The van der Waals surface area contributed by atoms with Crippen molar-refractivity contribution < 1.29 is 9.18 Å². The zero-order valence-corrected chi connectivity index (χ0v) is 24.1. The molecule has 2 heterocycles. The van der Waals surface area contributed by atoms with Gasteiger partial charge in [0.15, 0.2) is 5.78 Å². The lowest BCUT2D eigenvalue weighted by Gasteiger charge is -2.31. The Bertz CT molecular complexity index is 1900. The van der Waals surface area contributed by atoms with Crippen LogP contribution in [0.5, 0.6) is 0 Å². The number of halogens is 3. The van der Waals surface area contributed by atoms with E-state index in [0.717, 1.165) is 18.4 Å². The topological polar surface area (TPSA) is 109 Å². The summed E-state index contributed by atoms with van der Waals surface area (Å²) in [6.45, 7) is 1.43. The predicted octanol–water partition coefficient (Wildman–Crippen LogP) is 6.37. The number of Topliss-reactive ketones (excluding diaryl/α,β-unsaturated/α-hetero) is 1. The van der Waals surface area contributed by atoms with E-state index in [1.807, 2.05) is 24.8 Å². The Balaban J connectivity index is 1.49. The summed E-state index contributed by atoms with van der Waals surface area (Å²) in [5, 5.41) is 26.7. The fraction of sp³-hybridized carbons (Fsp3) is 0.167. The van der Waals surface area contributed by atoms with Crippen LogP contribution in [0.25, 0.3) is 10.9 Å². The number of carbonyl (C=O) groups excluding carboxylic acids is 1. The number of fused-ring (bicyclic) bond motifs is 1. The normalized spacial score (nSPS) is 14.3. The van der Waals surface area contributed by atoms with Gasteiger partial charge in [-0.1, -0.05) is 46.6 Å². The van der Waals surface area contributed by atoms with Crippen LogP contribution in [0.4, 0.5) is 21.5 Å². The summed E-state index contributed by atoms with van der Waals surface area (Å²) in [6.07, 6.45) is 5.43. The molecule has 8 nitrogen and oxygen atoms in total. The summed E-state index contributed by atoms with van der Waals surface area (Å²) >= 11 is 13.1. The first-order chi connectivity index (χ1) is 20.2. The lowest BCUT2D eigenvalue weighted by atomic mass is 9.69. The van der Waals surface area contributed by atoms with Crippen molar-refractivity contribution in [1.29, 1.82) is 5.26 Å². The molecule has 0 bridgehead atoms. The van der Waals surface area contributed by atoms with Crippen LogP contribution >= 0.6 is 23.2 Å². The fourth-order valence-corrected chi connectivity index (χ4v) is 5.63. The van der Waals surface area contributed by atoms with Gasteiger partial charge in [-0.3, -0.25) is 9.78 Å². The van der Waals surface area contributed by atoms with E-state index in [1.54, 1.807) is 36.4 Å². The van der Waals surface area contributed by atoms with Crippen LogP contribution < -0.4 is 10.6 Å². The van der Waals surface area contributed by atoms with Gasteiger partial charge in [-0.25, -0.2) is 9.07 Å². The van der Waals surface area contributed by atoms with E-state index in [0.29, 0.717) is 55.3 Å². The van der Waals surface area contributed by atoms with Gasteiger partial charge in [-0.15, -0.1) is 5.10 Å². The molecular weight excluding hydrogens is 575 g/mol. The van der Waals surface area contributed by atoms with Gasteiger partial charge in [-0.2, -0.15) is 5.26 Å². The van der Waals surface area contributed by atoms with Gasteiger partial charge in [0.05, 0.1) is 55.7 Å². The van der Waals surface area contributed by atoms with Crippen LogP contribution in [0.2, 0.25) is 10.0 Å². The number of nitriles is 1. The van der Waals surface area contributed by atoms with E-state index in [4.69, 9.17) is 23.2 Å². The Morgan fingerprint density at radius 3 is 2.62 bits per heavy atom. The number of pyridine rings is 1. The maximum atomic E-state index is 13.9. The maximum Gasteiger partial charge on any atom is 0.163 e. The molecule has 1 atom stereocenters. The number of hydrogen-bond acceptors (Lipinski definition) is 7. The monoisotopic (exact) mass is 597 g/mol. The summed E-state index contributed by atoms with van der Waals surface area (Å²) in [7, 11) is 1.94. The third-order valence-corrected chi connectivity index (χ3v) is 8.03.